The minimum Gasteiger partial charge on any atom is -0.396 e. The van der Waals surface area contributed by atoms with Gasteiger partial charge in [0.25, 0.3) is 0 Å². The molecule has 2 N–H and O–H groups in total. The lowest BCUT2D eigenvalue weighted by molar-refractivity contribution is 0.244. The monoisotopic (exact) mass is 217 g/mol. The van der Waals surface area contributed by atoms with Gasteiger partial charge in [-0.1, -0.05) is 25.1 Å². The first-order valence-corrected chi connectivity index (χ1v) is 5.36. The van der Waals surface area contributed by atoms with Crippen LogP contribution in [0.3, 0.4) is 0 Å². The van der Waals surface area contributed by atoms with E-state index < -0.39 is 0 Å². The highest BCUT2D eigenvalue weighted by molar-refractivity contribution is 5.90. The summed E-state index contributed by atoms with van der Waals surface area (Å²) in [6.45, 7) is 2.90. The van der Waals surface area contributed by atoms with Crippen LogP contribution in [0.25, 0.3) is 10.9 Å². The van der Waals surface area contributed by atoms with Crippen molar-refractivity contribution in [1.29, 1.82) is 0 Å². The van der Waals surface area contributed by atoms with Gasteiger partial charge in [0.2, 0.25) is 0 Å². The fraction of sp³-hybridized carbons (Fsp3) is 0.333. The van der Waals surface area contributed by atoms with Crippen LogP contribution in [0.1, 0.15) is 6.92 Å². The van der Waals surface area contributed by atoms with Crippen LogP contribution in [0.2, 0.25) is 0 Å². The molecule has 0 spiro atoms. The first-order valence-electron chi connectivity index (χ1n) is 5.36. The topological polar surface area (TPSA) is 58.0 Å². The standard InChI is InChI=1S/C12H15N3O/c1-9(8-16)6-13-12-7-14-15-11-5-3-2-4-10(11)12/h2-5,7,9,16H,6,8H2,1H3,(H,13,15). The van der Waals surface area contributed by atoms with Crippen molar-refractivity contribution >= 4 is 16.6 Å². The van der Waals surface area contributed by atoms with Crippen molar-refractivity contribution in [2.75, 3.05) is 18.5 Å². The first-order chi connectivity index (χ1) is 7.81. The van der Waals surface area contributed by atoms with Crippen LogP contribution in [-0.4, -0.2) is 28.5 Å². The molecule has 1 unspecified atom stereocenters. The Hall–Kier alpha value is -1.68. The molecular weight excluding hydrogens is 202 g/mol. The summed E-state index contributed by atoms with van der Waals surface area (Å²) in [5, 5.41) is 21.3. The Balaban J connectivity index is 2.23. The number of hydrogen-bond donors (Lipinski definition) is 2. The predicted octanol–water partition coefficient (Wildman–Crippen LogP) is 1.67. The molecule has 0 saturated carbocycles. The number of benzene rings is 1. The van der Waals surface area contributed by atoms with Crippen LogP contribution in [0.4, 0.5) is 5.69 Å². The summed E-state index contributed by atoms with van der Waals surface area (Å²) in [4.78, 5) is 0. The molecule has 0 amide bonds. The van der Waals surface area contributed by atoms with Gasteiger partial charge in [-0.05, 0) is 12.0 Å². The molecule has 16 heavy (non-hydrogen) atoms. The molecule has 4 nitrogen and oxygen atoms in total. The molecule has 0 bridgehead atoms. The van der Waals surface area contributed by atoms with Crippen LogP contribution in [0, 0.1) is 5.92 Å². The predicted molar refractivity (Wildman–Crippen MR) is 64.3 cm³/mol. The molecule has 2 rings (SSSR count). The van der Waals surface area contributed by atoms with E-state index in [0.29, 0.717) is 0 Å². The average molecular weight is 217 g/mol. The van der Waals surface area contributed by atoms with Crippen molar-refractivity contribution in [2.24, 2.45) is 5.92 Å². The maximum atomic E-state index is 8.96. The van der Waals surface area contributed by atoms with Crippen LogP contribution < -0.4 is 5.32 Å². The first kappa shape index (κ1) is 10.8. The number of anilines is 1. The van der Waals surface area contributed by atoms with Crippen LogP contribution in [0.15, 0.2) is 30.5 Å². The lowest BCUT2D eigenvalue weighted by atomic mass is 10.1. The average Bonchev–Trinajstić information content (AvgIpc) is 2.35. The minimum atomic E-state index is 0.184. The lowest BCUT2D eigenvalue weighted by Crippen LogP contribution is -2.14. The summed E-state index contributed by atoms with van der Waals surface area (Å²) in [6.07, 6.45) is 1.71. The number of aromatic nitrogens is 2. The molecule has 1 heterocycles. The lowest BCUT2D eigenvalue weighted by Gasteiger charge is -2.11. The van der Waals surface area contributed by atoms with E-state index >= 15 is 0 Å². The smallest absolute Gasteiger partial charge is 0.0950 e. The SMILES string of the molecule is CC(CO)CNc1cnnc2ccccc12. The van der Waals surface area contributed by atoms with Crippen molar-refractivity contribution < 1.29 is 5.11 Å². The van der Waals surface area contributed by atoms with Crippen molar-refractivity contribution in [3.63, 3.8) is 0 Å². The summed E-state index contributed by atoms with van der Waals surface area (Å²) >= 11 is 0. The highest BCUT2D eigenvalue weighted by Gasteiger charge is 2.03. The van der Waals surface area contributed by atoms with Gasteiger partial charge in [-0.3, -0.25) is 0 Å². The van der Waals surface area contributed by atoms with Crippen LogP contribution >= 0.6 is 0 Å². The number of rotatable bonds is 4. The second-order valence-electron chi connectivity index (χ2n) is 3.94. The maximum absolute atomic E-state index is 8.96. The number of fused-ring (bicyclic) bond motifs is 1. The molecule has 0 aliphatic rings. The van der Waals surface area contributed by atoms with Crippen molar-refractivity contribution in [2.45, 2.75) is 6.92 Å². The molecule has 0 fully saturated rings. The van der Waals surface area contributed by atoms with E-state index in [4.69, 9.17) is 5.11 Å². The largest absolute Gasteiger partial charge is 0.396 e. The molecule has 0 aliphatic carbocycles. The molecule has 4 heteroatoms. The third-order valence-corrected chi connectivity index (χ3v) is 2.50. The number of aliphatic hydroxyl groups is 1. The van der Waals surface area contributed by atoms with E-state index in [0.717, 1.165) is 23.1 Å². The zero-order valence-electron chi connectivity index (χ0n) is 9.22. The van der Waals surface area contributed by atoms with Gasteiger partial charge in [0.15, 0.2) is 0 Å². The fourth-order valence-corrected chi connectivity index (χ4v) is 1.50. The molecule has 84 valence electrons. The Morgan fingerprint density at radius 1 is 1.38 bits per heavy atom. The second-order valence-corrected chi connectivity index (χ2v) is 3.94. The molecule has 0 radical (unpaired) electrons. The Kier molecular flexibility index (Phi) is 3.31. The van der Waals surface area contributed by atoms with E-state index in [2.05, 4.69) is 15.5 Å². The van der Waals surface area contributed by atoms with Gasteiger partial charge in [-0.25, -0.2) is 0 Å². The number of aliphatic hydroxyl groups excluding tert-OH is 1. The summed E-state index contributed by atoms with van der Waals surface area (Å²) in [5.41, 5.74) is 1.84. The van der Waals surface area contributed by atoms with E-state index in [1.807, 2.05) is 31.2 Å². The molecule has 0 saturated heterocycles. The highest BCUT2D eigenvalue weighted by Crippen LogP contribution is 2.19. The summed E-state index contributed by atoms with van der Waals surface area (Å²) in [7, 11) is 0. The van der Waals surface area contributed by atoms with Gasteiger partial charge >= 0.3 is 0 Å². The fourth-order valence-electron chi connectivity index (χ4n) is 1.50. The van der Waals surface area contributed by atoms with Gasteiger partial charge in [-0.15, -0.1) is 0 Å². The molecule has 1 aromatic heterocycles. The quantitative estimate of drug-likeness (QED) is 0.818. The number of nitrogens with zero attached hydrogens (tertiary/aromatic N) is 2. The Bertz CT molecular complexity index is 467. The van der Waals surface area contributed by atoms with Crippen molar-refractivity contribution in [3.8, 4) is 0 Å². The minimum absolute atomic E-state index is 0.184. The summed E-state index contributed by atoms with van der Waals surface area (Å²) in [6, 6.07) is 7.86. The van der Waals surface area contributed by atoms with E-state index in [-0.39, 0.29) is 12.5 Å². The van der Waals surface area contributed by atoms with Gasteiger partial charge in [0, 0.05) is 18.5 Å². The number of nitrogens with one attached hydrogen (secondary N) is 1. The second kappa shape index (κ2) is 4.90. The molecule has 1 atom stereocenters. The van der Waals surface area contributed by atoms with E-state index in [9.17, 15) is 0 Å². The molecule has 2 aromatic rings. The van der Waals surface area contributed by atoms with Crippen molar-refractivity contribution in [3.05, 3.63) is 30.5 Å². The molecular formula is C12H15N3O. The maximum Gasteiger partial charge on any atom is 0.0950 e. The summed E-state index contributed by atoms with van der Waals surface area (Å²) in [5.74, 6) is 0.229. The van der Waals surface area contributed by atoms with E-state index in [1.54, 1.807) is 6.20 Å². The zero-order valence-corrected chi connectivity index (χ0v) is 9.22. The van der Waals surface area contributed by atoms with Gasteiger partial charge in [-0.2, -0.15) is 10.2 Å². The molecule has 0 aliphatic heterocycles. The number of hydrogen-bond acceptors (Lipinski definition) is 4. The Morgan fingerprint density at radius 2 is 2.19 bits per heavy atom. The van der Waals surface area contributed by atoms with E-state index in [1.165, 1.54) is 0 Å². The van der Waals surface area contributed by atoms with Gasteiger partial charge in [0.05, 0.1) is 17.4 Å². The van der Waals surface area contributed by atoms with Gasteiger partial charge in [0.1, 0.15) is 0 Å². The van der Waals surface area contributed by atoms with Gasteiger partial charge < -0.3 is 10.4 Å². The third kappa shape index (κ3) is 2.28. The summed E-state index contributed by atoms with van der Waals surface area (Å²) < 4.78 is 0. The third-order valence-electron chi connectivity index (χ3n) is 2.50. The Morgan fingerprint density at radius 3 is 3.00 bits per heavy atom. The highest BCUT2D eigenvalue weighted by atomic mass is 16.3. The van der Waals surface area contributed by atoms with Crippen molar-refractivity contribution in [1.82, 2.24) is 10.2 Å². The van der Waals surface area contributed by atoms with Crippen LogP contribution in [0.5, 0.6) is 0 Å². The Labute approximate surface area is 94.3 Å². The normalized spacial score (nSPS) is 12.6. The molecule has 1 aromatic carbocycles. The zero-order chi connectivity index (χ0) is 11.4. The van der Waals surface area contributed by atoms with Crippen LogP contribution in [-0.2, 0) is 0 Å².